The van der Waals surface area contributed by atoms with Crippen LogP contribution in [0.1, 0.15) is 12.2 Å². The third-order valence-corrected chi connectivity index (χ3v) is 2.69. The number of hydrogen-bond donors (Lipinski definition) is 1. The summed E-state index contributed by atoms with van der Waals surface area (Å²) in [6, 6.07) is 6.10. The Morgan fingerprint density at radius 3 is 2.95 bits per heavy atom. The van der Waals surface area contributed by atoms with Crippen LogP contribution in [-0.2, 0) is 11.3 Å². The van der Waals surface area contributed by atoms with Gasteiger partial charge in [-0.1, -0.05) is 12.1 Å². The predicted octanol–water partition coefficient (Wildman–Crippen LogP) is 1.37. The van der Waals surface area contributed by atoms with Crippen LogP contribution in [-0.4, -0.2) is 39.6 Å². The Morgan fingerprint density at radius 2 is 2.25 bits per heavy atom. The molecule has 0 fully saturated rings. The minimum absolute atomic E-state index is 0.113. The molecule has 1 heterocycles. The van der Waals surface area contributed by atoms with E-state index in [0.717, 1.165) is 0 Å². The maximum atomic E-state index is 13.3. The van der Waals surface area contributed by atoms with Gasteiger partial charge in [-0.25, -0.2) is 9.37 Å². The number of carbonyl (C=O) groups excluding carboxylic acids is 1. The second kappa shape index (κ2) is 6.65. The summed E-state index contributed by atoms with van der Waals surface area (Å²) >= 11 is 0. The molecule has 0 atom stereocenters. The van der Waals surface area contributed by atoms with Crippen molar-refractivity contribution >= 4 is 5.91 Å². The first-order valence-corrected chi connectivity index (χ1v) is 6.12. The van der Waals surface area contributed by atoms with Crippen molar-refractivity contribution in [1.82, 2.24) is 20.1 Å². The van der Waals surface area contributed by atoms with E-state index in [1.165, 1.54) is 23.4 Å². The van der Waals surface area contributed by atoms with E-state index in [0.29, 0.717) is 12.4 Å². The van der Waals surface area contributed by atoms with Gasteiger partial charge in [0.25, 0.3) is 0 Å². The lowest BCUT2D eigenvalue weighted by atomic mass is 10.3. The van der Waals surface area contributed by atoms with Crippen LogP contribution >= 0.6 is 0 Å². The average molecular weight is 278 g/mol. The number of amides is 1. The van der Waals surface area contributed by atoms with Gasteiger partial charge in [0.1, 0.15) is 12.2 Å². The largest absolute Gasteiger partial charge is 0.490 e. The SMILES string of the molecule is CN(Cc1ncn[nH]1)C(=O)CCOc1ccccc1F. The van der Waals surface area contributed by atoms with Gasteiger partial charge < -0.3 is 9.64 Å². The summed E-state index contributed by atoms with van der Waals surface area (Å²) < 4.78 is 18.5. The number of H-pyrrole nitrogens is 1. The number of aromatic amines is 1. The highest BCUT2D eigenvalue weighted by molar-refractivity contribution is 5.75. The van der Waals surface area contributed by atoms with Gasteiger partial charge in [0.05, 0.1) is 19.6 Å². The normalized spacial score (nSPS) is 10.3. The Morgan fingerprint density at radius 1 is 1.45 bits per heavy atom. The van der Waals surface area contributed by atoms with Gasteiger partial charge in [0.2, 0.25) is 5.91 Å². The average Bonchev–Trinajstić information content (AvgIpc) is 2.93. The molecule has 0 radical (unpaired) electrons. The molecule has 1 amide bonds. The number of ether oxygens (including phenoxy) is 1. The van der Waals surface area contributed by atoms with E-state index in [1.807, 2.05) is 0 Å². The highest BCUT2D eigenvalue weighted by Crippen LogP contribution is 2.15. The molecule has 0 unspecified atom stereocenters. The van der Waals surface area contributed by atoms with E-state index in [4.69, 9.17) is 4.74 Å². The molecule has 20 heavy (non-hydrogen) atoms. The van der Waals surface area contributed by atoms with Crippen molar-refractivity contribution in [2.24, 2.45) is 0 Å². The summed E-state index contributed by atoms with van der Waals surface area (Å²) in [6.07, 6.45) is 1.55. The number of rotatable bonds is 6. The van der Waals surface area contributed by atoms with Crippen LogP contribution in [0.15, 0.2) is 30.6 Å². The van der Waals surface area contributed by atoms with Crippen molar-refractivity contribution in [3.05, 3.63) is 42.2 Å². The number of aromatic nitrogens is 3. The fourth-order valence-corrected chi connectivity index (χ4v) is 1.62. The second-order valence-corrected chi connectivity index (χ2v) is 4.21. The molecule has 0 bridgehead atoms. The van der Waals surface area contributed by atoms with Crippen molar-refractivity contribution in [3.8, 4) is 5.75 Å². The predicted molar refractivity (Wildman–Crippen MR) is 69.4 cm³/mol. The Labute approximate surface area is 115 Å². The van der Waals surface area contributed by atoms with Gasteiger partial charge in [0, 0.05) is 7.05 Å². The van der Waals surface area contributed by atoms with E-state index in [9.17, 15) is 9.18 Å². The van der Waals surface area contributed by atoms with Crippen LogP contribution in [0.2, 0.25) is 0 Å². The number of hydrogen-bond acceptors (Lipinski definition) is 4. The number of nitrogens with one attached hydrogen (secondary N) is 1. The number of benzene rings is 1. The number of para-hydroxylation sites is 1. The van der Waals surface area contributed by atoms with Crippen molar-refractivity contribution < 1.29 is 13.9 Å². The molecule has 0 saturated carbocycles. The van der Waals surface area contributed by atoms with E-state index in [-0.39, 0.29) is 24.7 Å². The molecule has 1 aromatic heterocycles. The summed E-state index contributed by atoms with van der Waals surface area (Å²) in [4.78, 5) is 17.3. The molecule has 0 aliphatic rings. The van der Waals surface area contributed by atoms with Crippen molar-refractivity contribution in [2.45, 2.75) is 13.0 Å². The molecule has 106 valence electrons. The fraction of sp³-hybridized carbons (Fsp3) is 0.308. The third-order valence-electron chi connectivity index (χ3n) is 2.69. The van der Waals surface area contributed by atoms with Crippen LogP contribution in [0, 0.1) is 5.82 Å². The first kappa shape index (κ1) is 14.0. The van der Waals surface area contributed by atoms with E-state index >= 15 is 0 Å². The highest BCUT2D eigenvalue weighted by atomic mass is 19.1. The topological polar surface area (TPSA) is 71.1 Å². The van der Waals surface area contributed by atoms with Gasteiger partial charge in [-0.2, -0.15) is 5.10 Å². The lowest BCUT2D eigenvalue weighted by Gasteiger charge is -2.15. The summed E-state index contributed by atoms with van der Waals surface area (Å²) in [5.41, 5.74) is 0. The summed E-state index contributed by atoms with van der Waals surface area (Å²) in [7, 11) is 1.66. The third kappa shape index (κ3) is 3.78. The first-order chi connectivity index (χ1) is 9.66. The molecule has 2 aromatic rings. The van der Waals surface area contributed by atoms with Crippen molar-refractivity contribution in [3.63, 3.8) is 0 Å². The van der Waals surface area contributed by atoms with E-state index in [2.05, 4.69) is 15.2 Å². The molecular formula is C13H15FN4O2. The van der Waals surface area contributed by atoms with Crippen molar-refractivity contribution in [1.29, 1.82) is 0 Å². The molecule has 0 aliphatic carbocycles. The molecule has 7 heteroatoms. The molecule has 1 aromatic carbocycles. The summed E-state index contributed by atoms with van der Waals surface area (Å²) in [5.74, 6) is 0.210. The number of carbonyl (C=O) groups is 1. The van der Waals surface area contributed by atoms with E-state index < -0.39 is 5.82 Å². The minimum atomic E-state index is -0.435. The Bertz CT molecular complexity index is 559. The van der Waals surface area contributed by atoms with Crippen LogP contribution in [0.5, 0.6) is 5.75 Å². The molecule has 0 spiro atoms. The van der Waals surface area contributed by atoms with Crippen LogP contribution in [0.4, 0.5) is 4.39 Å². The maximum Gasteiger partial charge on any atom is 0.226 e. The first-order valence-electron chi connectivity index (χ1n) is 6.12. The molecular weight excluding hydrogens is 263 g/mol. The van der Waals surface area contributed by atoms with Gasteiger partial charge in [-0.3, -0.25) is 9.89 Å². The highest BCUT2D eigenvalue weighted by Gasteiger charge is 2.11. The zero-order valence-electron chi connectivity index (χ0n) is 11.0. The quantitative estimate of drug-likeness (QED) is 0.866. The van der Waals surface area contributed by atoms with Gasteiger partial charge in [-0.15, -0.1) is 0 Å². The maximum absolute atomic E-state index is 13.3. The van der Waals surface area contributed by atoms with Crippen molar-refractivity contribution in [2.75, 3.05) is 13.7 Å². The standard InChI is InChI=1S/C13H15FN4O2/c1-18(8-12-15-9-16-17-12)13(19)6-7-20-11-5-3-2-4-10(11)14/h2-5,9H,6-8H2,1H3,(H,15,16,17). The van der Waals surface area contributed by atoms with E-state index in [1.54, 1.807) is 19.2 Å². The summed E-state index contributed by atoms with van der Waals surface area (Å²) in [6.45, 7) is 0.471. The summed E-state index contributed by atoms with van der Waals surface area (Å²) in [5, 5.41) is 6.38. The Balaban J connectivity index is 1.76. The zero-order chi connectivity index (χ0) is 14.4. The molecule has 0 aliphatic heterocycles. The Hall–Kier alpha value is -2.44. The monoisotopic (exact) mass is 278 g/mol. The Kier molecular flexibility index (Phi) is 4.65. The van der Waals surface area contributed by atoms with Crippen LogP contribution in [0.25, 0.3) is 0 Å². The zero-order valence-corrected chi connectivity index (χ0v) is 11.0. The smallest absolute Gasteiger partial charge is 0.226 e. The molecule has 0 saturated heterocycles. The lowest BCUT2D eigenvalue weighted by molar-refractivity contribution is -0.131. The molecule has 1 N–H and O–H groups in total. The van der Waals surface area contributed by atoms with Gasteiger partial charge in [0.15, 0.2) is 11.6 Å². The van der Waals surface area contributed by atoms with Gasteiger partial charge in [-0.05, 0) is 12.1 Å². The second-order valence-electron chi connectivity index (χ2n) is 4.21. The fourth-order valence-electron chi connectivity index (χ4n) is 1.62. The van der Waals surface area contributed by atoms with Gasteiger partial charge >= 0.3 is 0 Å². The minimum Gasteiger partial charge on any atom is -0.490 e. The van der Waals surface area contributed by atoms with Crippen LogP contribution < -0.4 is 4.74 Å². The molecule has 6 nitrogen and oxygen atoms in total. The molecule has 2 rings (SSSR count). The number of nitrogens with zero attached hydrogens (tertiary/aromatic N) is 3. The lowest BCUT2D eigenvalue weighted by Crippen LogP contribution is -2.28. The number of halogens is 1. The van der Waals surface area contributed by atoms with Crippen LogP contribution in [0.3, 0.4) is 0 Å².